The molecule has 6 heteroatoms. The van der Waals surface area contributed by atoms with Crippen molar-refractivity contribution in [3.63, 3.8) is 0 Å². The Balaban J connectivity index is 2.16. The quantitative estimate of drug-likeness (QED) is 0.747. The average Bonchev–Trinajstić information content (AvgIpc) is 2.44. The molecular weight excluding hydrogens is 292 g/mol. The normalized spacial score (nSPS) is 18.1. The minimum atomic E-state index is -0.352. The Morgan fingerprint density at radius 2 is 2.05 bits per heavy atom. The molecule has 4 N–H and O–H groups in total. The Morgan fingerprint density at radius 1 is 1.33 bits per heavy atom. The molecule has 1 aromatic rings. The highest BCUT2D eigenvalue weighted by molar-refractivity contribution is 6.32. The summed E-state index contributed by atoms with van der Waals surface area (Å²) in [5.74, 6) is 1.26. The van der Waals surface area contributed by atoms with Crippen LogP contribution in [0.4, 0.5) is 0 Å². The van der Waals surface area contributed by atoms with Crippen LogP contribution >= 0.6 is 11.6 Å². The van der Waals surface area contributed by atoms with Gasteiger partial charge < -0.3 is 25.6 Å². The maximum atomic E-state index is 9.45. The molecule has 0 fully saturated rings. The highest BCUT2D eigenvalue weighted by Crippen LogP contribution is 2.39. The van der Waals surface area contributed by atoms with Gasteiger partial charge in [0.15, 0.2) is 11.5 Å². The van der Waals surface area contributed by atoms with E-state index in [9.17, 15) is 5.11 Å². The maximum absolute atomic E-state index is 9.45. The molecule has 1 aliphatic heterocycles. The monoisotopic (exact) mass is 314 g/mol. The van der Waals surface area contributed by atoms with E-state index in [4.69, 9.17) is 26.8 Å². The van der Waals surface area contributed by atoms with Crippen LogP contribution in [0.2, 0.25) is 5.02 Å². The van der Waals surface area contributed by atoms with Gasteiger partial charge in [0.25, 0.3) is 0 Å². The smallest absolute Gasteiger partial charge is 0.179 e. The van der Waals surface area contributed by atoms with Crippen molar-refractivity contribution < 1.29 is 14.6 Å². The zero-order valence-electron chi connectivity index (χ0n) is 12.4. The van der Waals surface area contributed by atoms with Crippen molar-refractivity contribution in [2.75, 3.05) is 19.8 Å². The fourth-order valence-electron chi connectivity index (χ4n) is 2.56. The Labute approximate surface area is 130 Å². The summed E-state index contributed by atoms with van der Waals surface area (Å²) in [4.78, 5) is 0. The number of ether oxygens (including phenoxy) is 2. The van der Waals surface area contributed by atoms with Crippen LogP contribution in [-0.2, 0) is 0 Å². The second-order valence-corrected chi connectivity index (χ2v) is 5.87. The maximum Gasteiger partial charge on any atom is 0.179 e. The number of benzene rings is 1. The van der Waals surface area contributed by atoms with Crippen LogP contribution in [0.1, 0.15) is 31.9 Å². The van der Waals surface area contributed by atoms with Crippen molar-refractivity contribution in [2.45, 2.75) is 38.5 Å². The van der Waals surface area contributed by atoms with Gasteiger partial charge in [0.05, 0.1) is 11.1 Å². The third-order valence-electron chi connectivity index (χ3n) is 3.44. The number of rotatable bonds is 6. The number of halogens is 1. The lowest BCUT2D eigenvalue weighted by Crippen LogP contribution is -2.36. The summed E-state index contributed by atoms with van der Waals surface area (Å²) in [5, 5.41) is 13.4. The van der Waals surface area contributed by atoms with E-state index in [1.165, 1.54) is 0 Å². The van der Waals surface area contributed by atoms with Gasteiger partial charge >= 0.3 is 0 Å². The third-order valence-corrected chi connectivity index (χ3v) is 3.72. The van der Waals surface area contributed by atoms with Gasteiger partial charge in [-0.3, -0.25) is 0 Å². The SMILES string of the molecule is CC(O)CC(C)NC(CN)c1cc(Cl)c2c(c1)OCCO2. The van der Waals surface area contributed by atoms with Crippen LogP contribution in [-0.4, -0.2) is 37.0 Å². The van der Waals surface area contributed by atoms with Gasteiger partial charge in [-0.2, -0.15) is 0 Å². The molecule has 3 atom stereocenters. The van der Waals surface area contributed by atoms with Crippen molar-refractivity contribution >= 4 is 11.6 Å². The first-order valence-electron chi connectivity index (χ1n) is 7.24. The highest BCUT2D eigenvalue weighted by atomic mass is 35.5. The Kier molecular flexibility index (Phi) is 5.70. The number of nitrogens with two attached hydrogens (primary N) is 1. The predicted molar refractivity (Wildman–Crippen MR) is 83.1 cm³/mol. The fourth-order valence-corrected chi connectivity index (χ4v) is 2.83. The van der Waals surface area contributed by atoms with Crippen LogP contribution in [0.5, 0.6) is 11.5 Å². The summed E-state index contributed by atoms with van der Waals surface area (Å²) < 4.78 is 11.1. The van der Waals surface area contributed by atoms with E-state index in [1.807, 2.05) is 19.1 Å². The van der Waals surface area contributed by atoms with Gasteiger partial charge in [0, 0.05) is 18.6 Å². The number of fused-ring (bicyclic) bond motifs is 1. The number of hydrogen-bond donors (Lipinski definition) is 3. The predicted octanol–water partition coefficient (Wildman–Crippen LogP) is 1.86. The average molecular weight is 315 g/mol. The van der Waals surface area contributed by atoms with E-state index in [0.717, 1.165) is 5.56 Å². The summed E-state index contributed by atoms with van der Waals surface area (Å²) in [6, 6.07) is 3.87. The zero-order chi connectivity index (χ0) is 15.4. The second-order valence-electron chi connectivity index (χ2n) is 5.47. The number of aliphatic hydroxyl groups excluding tert-OH is 1. The van der Waals surface area contributed by atoms with Crippen LogP contribution in [0, 0.1) is 0 Å². The first-order valence-corrected chi connectivity index (χ1v) is 7.62. The molecule has 21 heavy (non-hydrogen) atoms. The minimum Gasteiger partial charge on any atom is -0.486 e. The second kappa shape index (κ2) is 7.31. The molecule has 1 heterocycles. The van der Waals surface area contributed by atoms with Crippen LogP contribution in [0.15, 0.2) is 12.1 Å². The van der Waals surface area contributed by atoms with Crippen LogP contribution in [0.3, 0.4) is 0 Å². The molecule has 0 bridgehead atoms. The lowest BCUT2D eigenvalue weighted by molar-refractivity contribution is 0.167. The molecule has 0 aromatic heterocycles. The lowest BCUT2D eigenvalue weighted by atomic mass is 10.0. The third kappa shape index (κ3) is 4.23. The Morgan fingerprint density at radius 3 is 2.71 bits per heavy atom. The van der Waals surface area contributed by atoms with E-state index in [0.29, 0.717) is 42.7 Å². The van der Waals surface area contributed by atoms with E-state index in [1.54, 1.807) is 6.92 Å². The molecule has 0 saturated carbocycles. The Hall–Kier alpha value is -1.01. The minimum absolute atomic E-state index is 0.0490. The van der Waals surface area contributed by atoms with Crippen molar-refractivity contribution in [3.05, 3.63) is 22.7 Å². The molecule has 0 radical (unpaired) electrons. The van der Waals surface area contributed by atoms with Crippen LogP contribution < -0.4 is 20.5 Å². The summed E-state index contributed by atoms with van der Waals surface area (Å²) in [6.45, 7) is 5.26. The highest BCUT2D eigenvalue weighted by Gasteiger charge is 2.21. The zero-order valence-corrected chi connectivity index (χ0v) is 13.2. The van der Waals surface area contributed by atoms with Gasteiger partial charge in [-0.25, -0.2) is 0 Å². The number of aliphatic hydroxyl groups is 1. The summed E-state index contributed by atoms with van der Waals surface area (Å²) >= 11 is 6.26. The molecule has 0 aliphatic carbocycles. The van der Waals surface area contributed by atoms with Gasteiger partial charge in [-0.05, 0) is 38.0 Å². The molecule has 0 amide bonds. The van der Waals surface area contributed by atoms with E-state index in [2.05, 4.69) is 5.32 Å². The molecular formula is C15H23ClN2O3. The first kappa shape index (κ1) is 16.4. The standard InChI is InChI=1S/C15H23ClN2O3/c1-9(5-10(2)19)18-13(8-17)11-6-12(16)15-14(7-11)20-3-4-21-15/h6-7,9-10,13,18-19H,3-5,8,17H2,1-2H3. The molecule has 2 rings (SSSR count). The van der Waals surface area contributed by atoms with Gasteiger partial charge in [0.1, 0.15) is 13.2 Å². The first-order chi connectivity index (χ1) is 10.0. The van der Waals surface area contributed by atoms with Gasteiger partial charge in [-0.1, -0.05) is 11.6 Å². The summed E-state index contributed by atoms with van der Waals surface area (Å²) in [7, 11) is 0. The molecule has 1 aromatic carbocycles. The molecule has 0 spiro atoms. The molecule has 3 unspecified atom stereocenters. The molecule has 118 valence electrons. The molecule has 5 nitrogen and oxygen atoms in total. The Bertz CT molecular complexity index is 482. The lowest BCUT2D eigenvalue weighted by Gasteiger charge is -2.26. The van der Waals surface area contributed by atoms with Gasteiger partial charge in [-0.15, -0.1) is 0 Å². The topological polar surface area (TPSA) is 76.7 Å². The van der Waals surface area contributed by atoms with E-state index < -0.39 is 0 Å². The van der Waals surface area contributed by atoms with Gasteiger partial charge in [0.2, 0.25) is 0 Å². The van der Waals surface area contributed by atoms with E-state index in [-0.39, 0.29) is 18.2 Å². The van der Waals surface area contributed by atoms with Crippen molar-refractivity contribution in [1.82, 2.24) is 5.32 Å². The summed E-state index contributed by atoms with van der Waals surface area (Å²) in [6.07, 6.45) is 0.309. The van der Waals surface area contributed by atoms with E-state index >= 15 is 0 Å². The van der Waals surface area contributed by atoms with Crippen molar-refractivity contribution in [1.29, 1.82) is 0 Å². The van der Waals surface area contributed by atoms with Crippen molar-refractivity contribution in [3.8, 4) is 11.5 Å². The summed E-state index contributed by atoms with van der Waals surface area (Å²) in [5.41, 5.74) is 6.83. The molecule has 1 aliphatic rings. The largest absolute Gasteiger partial charge is 0.486 e. The van der Waals surface area contributed by atoms with Crippen molar-refractivity contribution in [2.24, 2.45) is 5.73 Å². The number of hydrogen-bond acceptors (Lipinski definition) is 5. The fraction of sp³-hybridized carbons (Fsp3) is 0.600. The number of nitrogens with one attached hydrogen (secondary N) is 1. The van der Waals surface area contributed by atoms with Crippen LogP contribution in [0.25, 0.3) is 0 Å². The molecule has 0 saturated heterocycles.